The fourth-order valence-electron chi connectivity index (χ4n) is 3.93. The standard InChI is InChI=1S/C24H24F2N2O5/c1-14-13-32-6-5-28(14)22-12-21(29)20-8-16(24(30)31-2)7-15(23(20)33-22)3-4-27-19-10-17(25)9-18(26)11-19/h7-12,14,27H,3-6,13H2,1-2H3/t14-/m0/s1. The highest BCUT2D eigenvalue weighted by molar-refractivity contribution is 5.95. The molecule has 1 aliphatic rings. The van der Waals surface area contributed by atoms with Crippen LogP contribution in [0.5, 0.6) is 0 Å². The van der Waals surface area contributed by atoms with Gasteiger partial charge in [0.1, 0.15) is 17.2 Å². The number of morpholine rings is 1. The lowest BCUT2D eigenvalue weighted by Crippen LogP contribution is -2.44. The molecule has 3 aromatic rings. The van der Waals surface area contributed by atoms with Crippen molar-refractivity contribution >= 4 is 28.5 Å². The number of anilines is 2. The summed E-state index contributed by atoms with van der Waals surface area (Å²) in [5.74, 6) is -1.53. The topological polar surface area (TPSA) is 81.0 Å². The average Bonchev–Trinajstić information content (AvgIpc) is 2.78. The molecular weight excluding hydrogens is 434 g/mol. The van der Waals surface area contributed by atoms with Crippen molar-refractivity contribution < 1.29 is 27.5 Å². The second-order valence-corrected chi connectivity index (χ2v) is 7.90. The van der Waals surface area contributed by atoms with Crippen molar-refractivity contribution in [2.24, 2.45) is 0 Å². The molecule has 1 fully saturated rings. The van der Waals surface area contributed by atoms with Crippen LogP contribution in [0.25, 0.3) is 11.0 Å². The number of ether oxygens (including phenoxy) is 2. The molecule has 0 aliphatic carbocycles. The lowest BCUT2D eigenvalue weighted by Gasteiger charge is -2.33. The van der Waals surface area contributed by atoms with E-state index in [2.05, 4.69) is 5.32 Å². The highest BCUT2D eigenvalue weighted by Crippen LogP contribution is 2.27. The third-order valence-electron chi connectivity index (χ3n) is 5.55. The van der Waals surface area contributed by atoms with Gasteiger partial charge in [0.05, 0.1) is 37.3 Å². The summed E-state index contributed by atoms with van der Waals surface area (Å²) in [6.07, 6.45) is 0.324. The number of benzene rings is 2. The minimum atomic E-state index is -0.689. The first-order valence-electron chi connectivity index (χ1n) is 10.6. The van der Waals surface area contributed by atoms with E-state index in [4.69, 9.17) is 13.9 Å². The second-order valence-electron chi connectivity index (χ2n) is 7.90. The Morgan fingerprint density at radius 3 is 2.64 bits per heavy atom. The summed E-state index contributed by atoms with van der Waals surface area (Å²) in [5.41, 5.74) is 1.17. The lowest BCUT2D eigenvalue weighted by molar-refractivity contribution is 0.0600. The van der Waals surface area contributed by atoms with Crippen molar-refractivity contribution in [1.82, 2.24) is 0 Å². The zero-order valence-corrected chi connectivity index (χ0v) is 18.3. The molecule has 7 nitrogen and oxygen atoms in total. The summed E-state index contributed by atoms with van der Waals surface area (Å²) in [4.78, 5) is 27.1. The van der Waals surface area contributed by atoms with Gasteiger partial charge in [-0.15, -0.1) is 0 Å². The van der Waals surface area contributed by atoms with Crippen molar-refractivity contribution in [3.63, 3.8) is 0 Å². The minimum Gasteiger partial charge on any atom is -0.465 e. The number of nitrogens with zero attached hydrogens (tertiary/aromatic N) is 1. The molecule has 0 saturated carbocycles. The Kier molecular flexibility index (Phi) is 6.60. The highest BCUT2D eigenvalue weighted by atomic mass is 19.1. The number of carbonyl (C=O) groups excluding carboxylic acids is 1. The number of methoxy groups -OCH3 is 1. The minimum absolute atomic E-state index is 0.0293. The first-order valence-corrected chi connectivity index (χ1v) is 10.6. The molecule has 1 saturated heterocycles. The maximum absolute atomic E-state index is 13.5. The SMILES string of the molecule is COC(=O)c1cc(CCNc2cc(F)cc(F)c2)c2oc(N3CCOC[C@@H]3C)cc(=O)c2c1. The molecule has 1 aliphatic heterocycles. The van der Waals surface area contributed by atoms with E-state index >= 15 is 0 Å². The molecule has 174 valence electrons. The van der Waals surface area contributed by atoms with Crippen LogP contribution < -0.4 is 15.6 Å². The van der Waals surface area contributed by atoms with E-state index in [1.54, 1.807) is 6.07 Å². The molecule has 2 heterocycles. The number of esters is 1. The van der Waals surface area contributed by atoms with E-state index in [0.29, 0.717) is 43.2 Å². The largest absolute Gasteiger partial charge is 0.465 e. The van der Waals surface area contributed by atoms with Crippen LogP contribution in [0.15, 0.2) is 45.6 Å². The second kappa shape index (κ2) is 9.58. The molecule has 1 aromatic heterocycles. The molecule has 9 heteroatoms. The molecular formula is C24H24F2N2O5. The van der Waals surface area contributed by atoms with Gasteiger partial charge >= 0.3 is 5.97 Å². The van der Waals surface area contributed by atoms with Crippen molar-refractivity contribution in [3.05, 3.63) is 69.4 Å². The Balaban J connectivity index is 1.71. The average molecular weight is 458 g/mol. The molecule has 4 rings (SSSR count). The van der Waals surface area contributed by atoms with Crippen LogP contribution >= 0.6 is 0 Å². The summed E-state index contributed by atoms with van der Waals surface area (Å²) in [6.45, 7) is 3.88. The van der Waals surface area contributed by atoms with Gasteiger partial charge < -0.3 is 24.1 Å². The molecule has 0 radical (unpaired) electrons. The Morgan fingerprint density at radius 2 is 1.94 bits per heavy atom. The van der Waals surface area contributed by atoms with Gasteiger partial charge in [0, 0.05) is 30.9 Å². The number of nitrogens with one attached hydrogen (secondary N) is 1. The summed E-state index contributed by atoms with van der Waals surface area (Å²) in [5, 5.41) is 3.22. The first kappa shape index (κ1) is 22.7. The third-order valence-corrected chi connectivity index (χ3v) is 5.55. The van der Waals surface area contributed by atoms with Crippen LogP contribution in [0.3, 0.4) is 0 Å². The third kappa shape index (κ3) is 4.98. The molecule has 1 atom stereocenters. The van der Waals surface area contributed by atoms with Crippen LogP contribution in [0.2, 0.25) is 0 Å². The van der Waals surface area contributed by atoms with Crippen molar-refractivity contribution in [2.45, 2.75) is 19.4 Å². The maximum Gasteiger partial charge on any atom is 0.337 e. The normalized spacial score (nSPS) is 16.1. The number of fused-ring (bicyclic) bond motifs is 1. The Bertz CT molecular complexity index is 1220. The van der Waals surface area contributed by atoms with Gasteiger partial charge in [0.15, 0.2) is 11.3 Å². The Hall–Kier alpha value is -3.46. The van der Waals surface area contributed by atoms with Gasteiger partial charge in [-0.25, -0.2) is 13.6 Å². The monoisotopic (exact) mass is 458 g/mol. The predicted molar refractivity (Wildman–Crippen MR) is 120 cm³/mol. The van der Waals surface area contributed by atoms with Gasteiger partial charge in [-0.3, -0.25) is 4.79 Å². The highest BCUT2D eigenvalue weighted by Gasteiger charge is 2.23. The molecule has 2 aromatic carbocycles. The lowest BCUT2D eigenvalue weighted by atomic mass is 10.0. The smallest absolute Gasteiger partial charge is 0.337 e. The summed E-state index contributed by atoms with van der Waals surface area (Å²) in [6, 6.07) is 7.68. The zero-order valence-electron chi connectivity index (χ0n) is 18.3. The van der Waals surface area contributed by atoms with Crippen LogP contribution in [0.1, 0.15) is 22.8 Å². The van der Waals surface area contributed by atoms with Crippen LogP contribution in [0, 0.1) is 11.6 Å². The summed E-state index contributed by atoms with van der Waals surface area (Å²) in [7, 11) is 1.26. The van der Waals surface area contributed by atoms with Crippen molar-refractivity contribution in [1.29, 1.82) is 0 Å². The Labute approximate surface area is 188 Å². The maximum atomic E-state index is 13.5. The fourth-order valence-corrected chi connectivity index (χ4v) is 3.93. The molecule has 1 N–H and O–H groups in total. The number of rotatable bonds is 6. The number of hydrogen-bond acceptors (Lipinski definition) is 7. The molecule has 0 amide bonds. The van der Waals surface area contributed by atoms with Crippen molar-refractivity contribution in [3.8, 4) is 0 Å². The Morgan fingerprint density at radius 1 is 1.18 bits per heavy atom. The van der Waals surface area contributed by atoms with Gasteiger partial charge in [-0.2, -0.15) is 0 Å². The van der Waals surface area contributed by atoms with Gasteiger partial charge in [-0.1, -0.05) is 0 Å². The first-order chi connectivity index (χ1) is 15.9. The van der Waals surface area contributed by atoms with Gasteiger partial charge in [0.25, 0.3) is 0 Å². The number of halogens is 2. The molecule has 33 heavy (non-hydrogen) atoms. The zero-order chi connectivity index (χ0) is 23.5. The van der Waals surface area contributed by atoms with E-state index in [-0.39, 0.29) is 34.7 Å². The van der Waals surface area contributed by atoms with E-state index < -0.39 is 17.6 Å². The van der Waals surface area contributed by atoms with Crippen LogP contribution in [-0.2, 0) is 15.9 Å². The van der Waals surface area contributed by atoms with Gasteiger partial charge in [0.2, 0.25) is 0 Å². The molecule has 0 spiro atoms. The number of carbonyl (C=O) groups is 1. The van der Waals surface area contributed by atoms with Crippen LogP contribution in [-0.4, -0.2) is 45.4 Å². The quantitative estimate of drug-likeness (QED) is 0.564. The summed E-state index contributed by atoms with van der Waals surface area (Å²) >= 11 is 0. The van der Waals surface area contributed by atoms with E-state index in [0.717, 1.165) is 6.07 Å². The number of hydrogen-bond donors (Lipinski definition) is 1. The summed E-state index contributed by atoms with van der Waals surface area (Å²) < 4.78 is 43.4. The van der Waals surface area contributed by atoms with E-state index in [1.807, 2.05) is 11.8 Å². The van der Waals surface area contributed by atoms with Crippen molar-refractivity contribution in [2.75, 3.05) is 43.6 Å². The predicted octanol–water partition coefficient (Wildman–Crippen LogP) is 3.74. The fraction of sp³-hybridized carbons (Fsp3) is 0.333. The van der Waals surface area contributed by atoms with Gasteiger partial charge in [-0.05, 0) is 43.2 Å². The van der Waals surface area contributed by atoms with E-state index in [9.17, 15) is 18.4 Å². The molecule has 0 bridgehead atoms. The van der Waals surface area contributed by atoms with E-state index in [1.165, 1.54) is 31.4 Å². The van der Waals surface area contributed by atoms with Crippen LogP contribution in [0.4, 0.5) is 20.4 Å². The molecule has 0 unspecified atom stereocenters.